The molecule has 2 aromatic rings. The molecule has 24 heavy (non-hydrogen) atoms. The lowest BCUT2D eigenvalue weighted by atomic mass is 9.87. The van der Waals surface area contributed by atoms with E-state index >= 15 is 0 Å². The number of hydrogen-bond donors (Lipinski definition) is 1. The molecule has 1 saturated heterocycles. The van der Waals surface area contributed by atoms with E-state index in [0.717, 1.165) is 10.4 Å². The van der Waals surface area contributed by atoms with E-state index in [0.29, 0.717) is 29.4 Å². The molecule has 1 amide bonds. The number of halogens is 1. The lowest BCUT2D eigenvalue weighted by molar-refractivity contribution is -0.145. The van der Waals surface area contributed by atoms with Crippen molar-refractivity contribution in [2.75, 3.05) is 13.1 Å². The highest BCUT2D eigenvalue weighted by Gasteiger charge is 2.33. The van der Waals surface area contributed by atoms with Crippen molar-refractivity contribution in [3.8, 4) is 10.4 Å². The summed E-state index contributed by atoms with van der Waals surface area (Å²) in [6.45, 7) is 2.88. The number of piperidine rings is 1. The molecule has 2 heterocycles. The Bertz CT molecular complexity index is 756. The van der Waals surface area contributed by atoms with Crippen molar-refractivity contribution < 1.29 is 14.7 Å². The number of carbonyl (C=O) groups excluding carboxylic acids is 1. The number of carboxylic acid groups (broad SMARTS) is 1. The Kier molecular flexibility index (Phi) is 4.92. The molecule has 2 unspecified atom stereocenters. The maximum atomic E-state index is 12.7. The molecule has 1 N–H and O–H groups in total. The highest BCUT2D eigenvalue weighted by Crippen LogP contribution is 2.31. The Morgan fingerprint density at radius 3 is 2.54 bits per heavy atom. The van der Waals surface area contributed by atoms with Gasteiger partial charge in [0, 0.05) is 23.0 Å². The van der Waals surface area contributed by atoms with Crippen molar-refractivity contribution in [3.05, 3.63) is 46.3 Å². The topological polar surface area (TPSA) is 57.6 Å². The van der Waals surface area contributed by atoms with Crippen molar-refractivity contribution in [1.29, 1.82) is 0 Å². The standard InChI is InChI=1S/C18H18ClNO3S/c1-11-10-20(9-8-14(11)18(22)23)17(21)16-7-6-15(24-16)12-2-4-13(19)5-3-12/h2-7,11,14H,8-10H2,1H3,(H,22,23). The second-order valence-corrected chi connectivity index (χ2v) is 7.65. The molecule has 3 rings (SSSR count). The van der Waals surface area contributed by atoms with Crippen LogP contribution in [0, 0.1) is 11.8 Å². The number of nitrogens with zero attached hydrogens (tertiary/aromatic N) is 1. The second-order valence-electron chi connectivity index (χ2n) is 6.13. The monoisotopic (exact) mass is 363 g/mol. The van der Waals surface area contributed by atoms with Crippen LogP contribution in [0.2, 0.25) is 5.02 Å². The molecule has 1 aromatic heterocycles. The summed E-state index contributed by atoms with van der Waals surface area (Å²) in [5.41, 5.74) is 1.03. The number of rotatable bonds is 3. The van der Waals surface area contributed by atoms with Gasteiger partial charge in [-0.15, -0.1) is 11.3 Å². The lowest BCUT2D eigenvalue weighted by Gasteiger charge is -2.34. The number of hydrogen-bond acceptors (Lipinski definition) is 3. The molecule has 6 heteroatoms. The van der Waals surface area contributed by atoms with Gasteiger partial charge < -0.3 is 10.0 Å². The first-order valence-corrected chi connectivity index (χ1v) is 9.03. The van der Waals surface area contributed by atoms with Gasteiger partial charge in [0.2, 0.25) is 0 Å². The third-order valence-corrected chi connectivity index (χ3v) is 5.83. The number of carboxylic acids is 1. The zero-order valence-electron chi connectivity index (χ0n) is 13.2. The molecule has 1 aliphatic rings. The van der Waals surface area contributed by atoms with Gasteiger partial charge in [-0.25, -0.2) is 0 Å². The van der Waals surface area contributed by atoms with Crippen LogP contribution in [0.1, 0.15) is 23.0 Å². The minimum atomic E-state index is -0.768. The van der Waals surface area contributed by atoms with Gasteiger partial charge in [-0.2, -0.15) is 0 Å². The number of amides is 1. The molecule has 1 fully saturated rings. The summed E-state index contributed by atoms with van der Waals surface area (Å²) in [5, 5.41) is 9.87. The van der Waals surface area contributed by atoms with E-state index in [1.165, 1.54) is 11.3 Å². The van der Waals surface area contributed by atoms with Crippen molar-refractivity contribution in [1.82, 2.24) is 4.90 Å². The molecule has 4 nitrogen and oxygen atoms in total. The summed E-state index contributed by atoms with van der Waals surface area (Å²) in [4.78, 5) is 27.3. The number of benzene rings is 1. The van der Waals surface area contributed by atoms with Crippen LogP contribution in [-0.4, -0.2) is 35.0 Å². The smallest absolute Gasteiger partial charge is 0.306 e. The zero-order chi connectivity index (χ0) is 17.3. The number of thiophene rings is 1. The van der Waals surface area contributed by atoms with Gasteiger partial charge >= 0.3 is 5.97 Å². The van der Waals surface area contributed by atoms with Gasteiger partial charge in [-0.1, -0.05) is 30.7 Å². The summed E-state index contributed by atoms with van der Waals surface area (Å²) < 4.78 is 0. The number of carbonyl (C=O) groups is 2. The highest BCUT2D eigenvalue weighted by atomic mass is 35.5. The first kappa shape index (κ1) is 17.0. The van der Waals surface area contributed by atoms with E-state index in [9.17, 15) is 14.7 Å². The minimum absolute atomic E-state index is 0.0177. The molecule has 0 bridgehead atoms. The third kappa shape index (κ3) is 3.47. The Balaban J connectivity index is 1.72. The fourth-order valence-corrected chi connectivity index (χ4v) is 4.18. The van der Waals surface area contributed by atoms with Crippen molar-refractivity contribution in [3.63, 3.8) is 0 Å². The van der Waals surface area contributed by atoms with E-state index in [1.54, 1.807) is 4.90 Å². The average molecular weight is 364 g/mol. The Morgan fingerprint density at radius 1 is 1.21 bits per heavy atom. The first-order chi connectivity index (χ1) is 11.5. The first-order valence-electron chi connectivity index (χ1n) is 7.83. The largest absolute Gasteiger partial charge is 0.481 e. The Hall–Kier alpha value is -1.85. The van der Waals surface area contributed by atoms with E-state index in [2.05, 4.69) is 0 Å². The summed E-state index contributed by atoms with van der Waals surface area (Å²) in [7, 11) is 0. The van der Waals surface area contributed by atoms with Gasteiger partial charge in [0.1, 0.15) is 0 Å². The van der Waals surface area contributed by atoms with E-state index in [4.69, 9.17) is 11.6 Å². The summed E-state index contributed by atoms with van der Waals surface area (Å²) >= 11 is 7.36. The van der Waals surface area contributed by atoms with Crippen LogP contribution in [-0.2, 0) is 4.79 Å². The van der Waals surface area contributed by atoms with Gasteiger partial charge in [-0.3, -0.25) is 9.59 Å². The normalized spacial score (nSPS) is 20.8. The van der Waals surface area contributed by atoms with Crippen LogP contribution in [0.3, 0.4) is 0 Å². The summed E-state index contributed by atoms with van der Waals surface area (Å²) in [6, 6.07) is 11.3. The van der Waals surface area contributed by atoms with Crippen molar-refractivity contribution in [2.45, 2.75) is 13.3 Å². The minimum Gasteiger partial charge on any atom is -0.481 e. The molecule has 2 atom stereocenters. The van der Waals surface area contributed by atoms with Gasteiger partial charge in [-0.05, 0) is 42.2 Å². The van der Waals surface area contributed by atoms with E-state index < -0.39 is 5.97 Å². The van der Waals surface area contributed by atoms with Crippen molar-refractivity contribution >= 4 is 34.8 Å². The van der Waals surface area contributed by atoms with Gasteiger partial charge in [0.25, 0.3) is 5.91 Å². The fraction of sp³-hybridized carbons (Fsp3) is 0.333. The number of aliphatic carboxylic acids is 1. The molecule has 1 aliphatic heterocycles. The highest BCUT2D eigenvalue weighted by molar-refractivity contribution is 7.17. The summed E-state index contributed by atoms with van der Waals surface area (Å²) in [5.74, 6) is -1.18. The third-order valence-electron chi connectivity index (χ3n) is 4.46. The van der Waals surface area contributed by atoms with E-state index in [1.807, 2.05) is 43.3 Å². The molecule has 0 spiro atoms. The fourth-order valence-electron chi connectivity index (χ4n) is 3.07. The molecular formula is C18H18ClNO3S. The van der Waals surface area contributed by atoms with E-state index in [-0.39, 0.29) is 17.7 Å². The lowest BCUT2D eigenvalue weighted by Crippen LogP contribution is -2.44. The molecule has 0 aliphatic carbocycles. The molecule has 1 aromatic carbocycles. The second kappa shape index (κ2) is 6.95. The quantitative estimate of drug-likeness (QED) is 0.886. The van der Waals surface area contributed by atoms with Crippen LogP contribution >= 0.6 is 22.9 Å². The van der Waals surface area contributed by atoms with Gasteiger partial charge in [0.15, 0.2) is 0 Å². The Labute approximate surface area is 149 Å². The summed E-state index contributed by atoms with van der Waals surface area (Å²) in [6.07, 6.45) is 0.512. The molecule has 0 saturated carbocycles. The van der Waals surface area contributed by atoms with Crippen LogP contribution in [0.4, 0.5) is 0 Å². The zero-order valence-corrected chi connectivity index (χ0v) is 14.8. The molecule has 126 valence electrons. The van der Waals surface area contributed by atoms with Crippen LogP contribution in [0.15, 0.2) is 36.4 Å². The number of likely N-dealkylation sites (tertiary alicyclic amines) is 1. The van der Waals surface area contributed by atoms with Crippen LogP contribution in [0.5, 0.6) is 0 Å². The molecule has 0 radical (unpaired) electrons. The average Bonchev–Trinajstić information content (AvgIpc) is 3.04. The molecular weight excluding hydrogens is 346 g/mol. The van der Waals surface area contributed by atoms with Gasteiger partial charge in [0.05, 0.1) is 10.8 Å². The van der Waals surface area contributed by atoms with Crippen molar-refractivity contribution in [2.24, 2.45) is 11.8 Å². The Morgan fingerprint density at radius 2 is 1.92 bits per heavy atom. The predicted octanol–water partition coefficient (Wildman–Crippen LogP) is 4.25. The predicted molar refractivity (Wildman–Crippen MR) is 95.6 cm³/mol. The maximum Gasteiger partial charge on any atom is 0.306 e. The van der Waals surface area contributed by atoms with Crippen LogP contribution < -0.4 is 0 Å². The maximum absolute atomic E-state index is 12.7. The SMILES string of the molecule is CC1CN(C(=O)c2ccc(-c3ccc(Cl)cc3)s2)CCC1C(=O)O. The van der Waals surface area contributed by atoms with Crippen LogP contribution in [0.25, 0.3) is 10.4 Å².